The molecular formula is C11H17N3O3. The van der Waals surface area contributed by atoms with E-state index in [0.29, 0.717) is 32.0 Å². The van der Waals surface area contributed by atoms with Crippen molar-refractivity contribution >= 4 is 5.97 Å². The zero-order valence-corrected chi connectivity index (χ0v) is 10.1. The van der Waals surface area contributed by atoms with Crippen LogP contribution in [0.3, 0.4) is 0 Å². The van der Waals surface area contributed by atoms with Gasteiger partial charge in [0.05, 0.1) is 18.9 Å². The van der Waals surface area contributed by atoms with Gasteiger partial charge in [0.25, 0.3) is 0 Å². The van der Waals surface area contributed by atoms with Gasteiger partial charge in [-0.05, 0) is 13.8 Å². The third kappa shape index (κ3) is 2.48. The van der Waals surface area contributed by atoms with Gasteiger partial charge in [0.15, 0.2) is 6.04 Å². The quantitative estimate of drug-likeness (QED) is 0.802. The maximum absolute atomic E-state index is 11.4. The molecule has 1 atom stereocenters. The molecule has 1 unspecified atom stereocenters. The summed E-state index contributed by atoms with van der Waals surface area (Å²) < 4.78 is 5.24. The monoisotopic (exact) mass is 239 g/mol. The minimum absolute atomic E-state index is 0.576. The standard InChI is InChI=1S/C11H17N3O3/c1-7-9(13-8(2)12-7)10(11(15)16)14-3-5-17-6-4-14/h10H,3-6H2,1-2H3,(H,12,13)(H,15,16). The van der Waals surface area contributed by atoms with Gasteiger partial charge in [-0.15, -0.1) is 0 Å². The van der Waals surface area contributed by atoms with Crippen molar-refractivity contribution < 1.29 is 14.6 Å². The number of hydrogen-bond donors (Lipinski definition) is 2. The Labute approximate surface area is 99.6 Å². The fraction of sp³-hybridized carbons (Fsp3) is 0.636. The fourth-order valence-electron chi connectivity index (χ4n) is 2.18. The molecule has 6 nitrogen and oxygen atoms in total. The number of carbonyl (C=O) groups is 1. The van der Waals surface area contributed by atoms with Crippen molar-refractivity contribution in [1.82, 2.24) is 14.9 Å². The zero-order chi connectivity index (χ0) is 12.4. The molecule has 0 bridgehead atoms. The molecule has 0 saturated carbocycles. The third-order valence-corrected chi connectivity index (χ3v) is 2.94. The van der Waals surface area contributed by atoms with Crippen molar-refractivity contribution in [2.45, 2.75) is 19.9 Å². The summed E-state index contributed by atoms with van der Waals surface area (Å²) in [4.78, 5) is 20.7. The molecule has 2 N–H and O–H groups in total. The van der Waals surface area contributed by atoms with Crippen LogP contribution >= 0.6 is 0 Å². The molecule has 1 aliphatic heterocycles. The summed E-state index contributed by atoms with van der Waals surface area (Å²) in [5.41, 5.74) is 1.43. The molecule has 1 aromatic heterocycles. The number of carboxylic acids is 1. The Bertz CT molecular complexity index is 410. The van der Waals surface area contributed by atoms with Crippen molar-refractivity contribution in [3.8, 4) is 0 Å². The topological polar surface area (TPSA) is 78.4 Å². The van der Waals surface area contributed by atoms with Gasteiger partial charge >= 0.3 is 5.97 Å². The van der Waals surface area contributed by atoms with Gasteiger partial charge < -0.3 is 14.8 Å². The van der Waals surface area contributed by atoms with Gasteiger partial charge in [-0.2, -0.15) is 0 Å². The normalized spacial score (nSPS) is 19.2. The van der Waals surface area contributed by atoms with Crippen molar-refractivity contribution in [2.75, 3.05) is 26.3 Å². The Morgan fingerprint density at radius 3 is 2.59 bits per heavy atom. The lowest BCUT2D eigenvalue weighted by Crippen LogP contribution is -2.42. The number of nitrogens with zero attached hydrogens (tertiary/aromatic N) is 2. The molecule has 0 radical (unpaired) electrons. The number of hydrogen-bond acceptors (Lipinski definition) is 4. The second kappa shape index (κ2) is 4.85. The van der Waals surface area contributed by atoms with E-state index in [4.69, 9.17) is 4.74 Å². The van der Waals surface area contributed by atoms with E-state index in [0.717, 1.165) is 11.5 Å². The molecule has 17 heavy (non-hydrogen) atoms. The molecule has 0 aliphatic carbocycles. The van der Waals surface area contributed by atoms with E-state index in [9.17, 15) is 9.90 Å². The average molecular weight is 239 g/mol. The minimum Gasteiger partial charge on any atom is -0.480 e. The highest BCUT2D eigenvalue weighted by atomic mass is 16.5. The minimum atomic E-state index is -0.860. The molecule has 94 valence electrons. The third-order valence-electron chi connectivity index (χ3n) is 2.94. The van der Waals surface area contributed by atoms with E-state index >= 15 is 0 Å². The maximum atomic E-state index is 11.4. The second-order valence-corrected chi connectivity index (χ2v) is 4.22. The summed E-state index contributed by atoms with van der Waals surface area (Å²) >= 11 is 0. The largest absolute Gasteiger partial charge is 0.480 e. The van der Waals surface area contributed by atoms with Crippen LogP contribution in [0.5, 0.6) is 0 Å². The number of carboxylic acid groups (broad SMARTS) is 1. The van der Waals surface area contributed by atoms with Gasteiger partial charge in [0.2, 0.25) is 0 Å². The predicted molar refractivity (Wildman–Crippen MR) is 60.8 cm³/mol. The summed E-state index contributed by atoms with van der Waals surface area (Å²) in [5.74, 6) is -0.112. The highest BCUT2D eigenvalue weighted by Gasteiger charge is 2.31. The predicted octanol–water partition coefficient (Wildman–Crippen LogP) is 0.484. The van der Waals surface area contributed by atoms with E-state index < -0.39 is 12.0 Å². The summed E-state index contributed by atoms with van der Waals surface area (Å²) in [6.45, 7) is 6.09. The number of imidazole rings is 1. The molecule has 2 rings (SSSR count). The van der Waals surface area contributed by atoms with E-state index in [-0.39, 0.29) is 0 Å². The second-order valence-electron chi connectivity index (χ2n) is 4.22. The number of aromatic amines is 1. The Balaban J connectivity index is 2.28. The summed E-state index contributed by atoms with van der Waals surface area (Å²) in [5, 5.41) is 9.38. The molecule has 0 aromatic carbocycles. The van der Waals surface area contributed by atoms with E-state index in [1.807, 2.05) is 18.7 Å². The van der Waals surface area contributed by atoms with Gasteiger partial charge in [-0.3, -0.25) is 9.69 Å². The van der Waals surface area contributed by atoms with Crippen LogP contribution in [0, 0.1) is 13.8 Å². The van der Waals surface area contributed by atoms with Gasteiger partial charge in [-0.1, -0.05) is 0 Å². The van der Waals surface area contributed by atoms with Crippen LogP contribution < -0.4 is 0 Å². The van der Waals surface area contributed by atoms with Crippen LogP contribution in [0.2, 0.25) is 0 Å². The van der Waals surface area contributed by atoms with Crippen LogP contribution in [-0.4, -0.2) is 52.2 Å². The molecular weight excluding hydrogens is 222 g/mol. The van der Waals surface area contributed by atoms with Crippen molar-refractivity contribution in [2.24, 2.45) is 0 Å². The molecule has 1 saturated heterocycles. The fourth-order valence-corrected chi connectivity index (χ4v) is 2.18. The first-order valence-corrected chi connectivity index (χ1v) is 5.67. The van der Waals surface area contributed by atoms with Gasteiger partial charge in [0.1, 0.15) is 5.82 Å². The molecule has 1 aliphatic rings. The van der Waals surface area contributed by atoms with Gasteiger partial charge in [0, 0.05) is 18.8 Å². The van der Waals surface area contributed by atoms with Crippen LogP contribution in [0.4, 0.5) is 0 Å². The van der Waals surface area contributed by atoms with Crippen molar-refractivity contribution in [3.63, 3.8) is 0 Å². The summed E-state index contributed by atoms with van der Waals surface area (Å²) in [6.07, 6.45) is 0. The average Bonchev–Trinajstić information content (AvgIpc) is 2.59. The molecule has 0 amide bonds. The lowest BCUT2D eigenvalue weighted by atomic mass is 10.1. The Hall–Kier alpha value is -1.40. The first-order chi connectivity index (χ1) is 8.09. The lowest BCUT2D eigenvalue weighted by Gasteiger charge is -2.31. The van der Waals surface area contributed by atoms with Crippen molar-refractivity contribution in [3.05, 3.63) is 17.2 Å². The number of aryl methyl sites for hydroxylation is 2. The number of aromatic nitrogens is 2. The van der Waals surface area contributed by atoms with Crippen LogP contribution in [0.1, 0.15) is 23.3 Å². The number of nitrogens with one attached hydrogen (secondary N) is 1. The SMILES string of the molecule is Cc1nc(C(C(=O)O)N2CCOCC2)c(C)[nH]1. The molecule has 2 heterocycles. The number of aliphatic carboxylic acids is 1. The smallest absolute Gasteiger partial charge is 0.327 e. The van der Waals surface area contributed by atoms with Gasteiger partial charge in [-0.25, -0.2) is 4.98 Å². The Morgan fingerprint density at radius 2 is 2.12 bits per heavy atom. The molecule has 1 fully saturated rings. The zero-order valence-electron chi connectivity index (χ0n) is 10.1. The number of morpholine rings is 1. The Morgan fingerprint density at radius 1 is 1.47 bits per heavy atom. The highest BCUT2D eigenvalue weighted by molar-refractivity contribution is 5.75. The first-order valence-electron chi connectivity index (χ1n) is 5.67. The van der Waals surface area contributed by atoms with E-state index in [1.165, 1.54) is 0 Å². The summed E-state index contributed by atoms with van der Waals surface area (Å²) in [7, 11) is 0. The summed E-state index contributed by atoms with van der Waals surface area (Å²) in [6, 6.07) is -0.677. The maximum Gasteiger partial charge on any atom is 0.327 e. The van der Waals surface area contributed by atoms with Crippen LogP contribution in [0.25, 0.3) is 0 Å². The first kappa shape index (κ1) is 12.1. The molecule has 6 heteroatoms. The van der Waals surface area contributed by atoms with Crippen LogP contribution in [-0.2, 0) is 9.53 Å². The highest BCUT2D eigenvalue weighted by Crippen LogP contribution is 2.23. The Kier molecular flexibility index (Phi) is 3.44. The number of rotatable bonds is 3. The van der Waals surface area contributed by atoms with E-state index in [2.05, 4.69) is 9.97 Å². The molecule has 1 aromatic rings. The molecule has 0 spiro atoms. The van der Waals surface area contributed by atoms with Crippen LogP contribution in [0.15, 0.2) is 0 Å². The lowest BCUT2D eigenvalue weighted by molar-refractivity contribution is -0.145. The van der Waals surface area contributed by atoms with E-state index in [1.54, 1.807) is 0 Å². The number of ether oxygens (including phenoxy) is 1. The number of H-pyrrole nitrogens is 1. The van der Waals surface area contributed by atoms with Crippen molar-refractivity contribution in [1.29, 1.82) is 0 Å².